The minimum absolute atomic E-state index is 0.261. The topological polar surface area (TPSA) is 63.1 Å². The highest BCUT2D eigenvalue weighted by atomic mass is 79.9. The van der Waals surface area contributed by atoms with E-state index in [1.807, 2.05) is 6.07 Å². The second kappa shape index (κ2) is 5.16. The first-order valence-corrected chi connectivity index (χ1v) is 6.95. The third-order valence-electron chi connectivity index (χ3n) is 1.88. The number of benzene rings is 1. The molecular weight excluding hydrogens is 324 g/mol. The minimum Gasteiger partial charge on any atom is -0.478 e. The van der Waals surface area contributed by atoms with E-state index in [-0.39, 0.29) is 5.56 Å². The number of carboxylic acids is 1. The van der Waals surface area contributed by atoms with Crippen molar-refractivity contribution < 1.29 is 9.90 Å². The van der Waals surface area contributed by atoms with Crippen LogP contribution in [0.1, 0.15) is 16.2 Å². The maximum atomic E-state index is 11.1. The van der Waals surface area contributed by atoms with E-state index in [0.29, 0.717) is 10.7 Å². The van der Waals surface area contributed by atoms with Crippen molar-refractivity contribution in [3.05, 3.63) is 34.1 Å². The first-order valence-electron chi connectivity index (χ1n) is 4.57. The molecule has 0 saturated heterocycles. The monoisotopic (exact) mass is 330 g/mol. The van der Waals surface area contributed by atoms with E-state index in [0.717, 1.165) is 8.81 Å². The smallest absolute Gasteiger partial charge is 0.336 e. The van der Waals surface area contributed by atoms with E-state index < -0.39 is 5.97 Å². The third-order valence-corrected chi connectivity index (χ3v) is 4.29. The van der Waals surface area contributed by atoms with Gasteiger partial charge in [-0.25, -0.2) is 9.78 Å². The average Bonchev–Trinajstić information content (AvgIpc) is 2.66. The minimum atomic E-state index is -0.949. The van der Waals surface area contributed by atoms with Crippen LogP contribution in [0.25, 0.3) is 0 Å². The number of aromatic carboxylic acids is 1. The summed E-state index contributed by atoms with van der Waals surface area (Å²) in [4.78, 5) is 16.0. The Bertz CT molecular complexity index is 571. The van der Waals surface area contributed by atoms with Crippen LogP contribution in [0.2, 0.25) is 0 Å². The van der Waals surface area contributed by atoms with E-state index in [9.17, 15) is 4.79 Å². The van der Waals surface area contributed by atoms with Crippen molar-refractivity contribution in [2.45, 2.75) is 16.2 Å². The van der Waals surface area contributed by atoms with Gasteiger partial charge in [0.05, 0.1) is 5.56 Å². The standard InChI is InChI=1S/C10H7BrN2O2S2/c1-5-12-10(17-13-5)16-8-3-2-6(11)4-7(8)9(14)15/h2-4H,1H3,(H,14,15). The molecule has 0 bridgehead atoms. The molecule has 0 saturated carbocycles. The van der Waals surface area contributed by atoms with Crippen molar-refractivity contribution >= 4 is 45.2 Å². The summed E-state index contributed by atoms with van der Waals surface area (Å²) in [6, 6.07) is 5.15. The molecular formula is C10H7BrN2O2S2. The Morgan fingerprint density at radius 3 is 2.88 bits per heavy atom. The second-order valence-electron chi connectivity index (χ2n) is 3.16. The molecule has 0 amide bonds. The van der Waals surface area contributed by atoms with Crippen LogP contribution in [0.3, 0.4) is 0 Å². The van der Waals surface area contributed by atoms with E-state index in [4.69, 9.17) is 5.11 Å². The summed E-state index contributed by atoms with van der Waals surface area (Å²) in [6.07, 6.45) is 0. The average molecular weight is 331 g/mol. The first-order chi connectivity index (χ1) is 8.06. The molecule has 2 rings (SSSR count). The lowest BCUT2D eigenvalue weighted by molar-refractivity contribution is 0.0693. The summed E-state index contributed by atoms with van der Waals surface area (Å²) < 4.78 is 5.54. The van der Waals surface area contributed by atoms with Crippen LogP contribution in [0.4, 0.5) is 0 Å². The zero-order valence-electron chi connectivity index (χ0n) is 8.68. The molecule has 88 valence electrons. The molecule has 0 radical (unpaired) electrons. The predicted molar refractivity (Wildman–Crippen MR) is 69.9 cm³/mol. The zero-order valence-corrected chi connectivity index (χ0v) is 11.9. The fourth-order valence-electron chi connectivity index (χ4n) is 1.17. The Hall–Kier alpha value is -0.920. The summed E-state index contributed by atoms with van der Waals surface area (Å²) in [5, 5.41) is 9.11. The van der Waals surface area contributed by atoms with Gasteiger partial charge in [-0.05, 0) is 36.7 Å². The quantitative estimate of drug-likeness (QED) is 0.933. The number of rotatable bonds is 3. The molecule has 0 aliphatic carbocycles. The number of aromatic nitrogens is 2. The first kappa shape index (κ1) is 12.5. The van der Waals surface area contributed by atoms with Gasteiger partial charge in [-0.1, -0.05) is 27.7 Å². The Labute approximate surface area is 114 Å². The van der Waals surface area contributed by atoms with Crippen LogP contribution in [0, 0.1) is 6.92 Å². The van der Waals surface area contributed by atoms with Gasteiger partial charge >= 0.3 is 5.97 Å². The van der Waals surface area contributed by atoms with Crippen molar-refractivity contribution in [3.63, 3.8) is 0 Å². The molecule has 0 aliphatic heterocycles. The van der Waals surface area contributed by atoms with Crippen LogP contribution in [0.15, 0.2) is 31.9 Å². The van der Waals surface area contributed by atoms with Crippen molar-refractivity contribution in [2.24, 2.45) is 0 Å². The van der Waals surface area contributed by atoms with Crippen LogP contribution in [-0.2, 0) is 0 Å². The number of halogens is 1. The van der Waals surface area contributed by atoms with Gasteiger partial charge in [0, 0.05) is 9.37 Å². The molecule has 1 aromatic carbocycles. The van der Waals surface area contributed by atoms with Crippen molar-refractivity contribution in [1.29, 1.82) is 0 Å². The molecule has 1 heterocycles. The van der Waals surface area contributed by atoms with Gasteiger partial charge in [0.1, 0.15) is 5.82 Å². The fourth-order valence-corrected chi connectivity index (χ4v) is 3.25. The lowest BCUT2D eigenvalue weighted by Gasteiger charge is -2.03. The molecule has 0 fully saturated rings. The Morgan fingerprint density at radius 2 is 2.29 bits per heavy atom. The molecule has 0 spiro atoms. The van der Waals surface area contributed by atoms with Gasteiger partial charge in [0.2, 0.25) is 0 Å². The molecule has 2 aromatic rings. The maximum Gasteiger partial charge on any atom is 0.336 e. The van der Waals surface area contributed by atoms with Crippen LogP contribution < -0.4 is 0 Å². The number of hydrogen-bond donors (Lipinski definition) is 1. The molecule has 4 nitrogen and oxygen atoms in total. The molecule has 0 atom stereocenters. The Balaban J connectivity index is 2.35. The van der Waals surface area contributed by atoms with Crippen molar-refractivity contribution in [2.75, 3.05) is 0 Å². The molecule has 1 aromatic heterocycles. The summed E-state index contributed by atoms with van der Waals surface area (Å²) in [7, 11) is 0. The number of hydrogen-bond acceptors (Lipinski definition) is 5. The van der Waals surface area contributed by atoms with Gasteiger partial charge in [-0.2, -0.15) is 4.37 Å². The lowest BCUT2D eigenvalue weighted by Crippen LogP contribution is -1.98. The third kappa shape index (κ3) is 3.05. The van der Waals surface area contributed by atoms with Gasteiger partial charge in [0.15, 0.2) is 4.34 Å². The number of nitrogens with zero attached hydrogens (tertiary/aromatic N) is 2. The van der Waals surface area contributed by atoms with Crippen LogP contribution in [0.5, 0.6) is 0 Å². The molecule has 0 unspecified atom stereocenters. The van der Waals surface area contributed by atoms with Crippen LogP contribution >= 0.6 is 39.2 Å². The van der Waals surface area contributed by atoms with Crippen LogP contribution in [-0.4, -0.2) is 20.4 Å². The normalized spacial score (nSPS) is 10.5. The predicted octanol–water partition coefficient (Wildman–Crippen LogP) is 3.46. The summed E-state index contributed by atoms with van der Waals surface area (Å²) in [5.41, 5.74) is 0.261. The van der Waals surface area contributed by atoms with E-state index in [1.54, 1.807) is 19.1 Å². The van der Waals surface area contributed by atoms with Crippen molar-refractivity contribution in [1.82, 2.24) is 9.36 Å². The van der Waals surface area contributed by atoms with E-state index >= 15 is 0 Å². The number of aryl methyl sites for hydroxylation is 1. The van der Waals surface area contributed by atoms with Crippen molar-refractivity contribution in [3.8, 4) is 0 Å². The molecule has 0 aliphatic rings. The number of carboxylic acid groups (broad SMARTS) is 1. The largest absolute Gasteiger partial charge is 0.478 e. The molecule has 17 heavy (non-hydrogen) atoms. The number of carbonyl (C=O) groups is 1. The summed E-state index contributed by atoms with van der Waals surface area (Å²) >= 11 is 5.84. The van der Waals surface area contributed by atoms with Gasteiger partial charge < -0.3 is 5.11 Å². The highest BCUT2D eigenvalue weighted by Gasteiger charge is 2.13. The van der Waals surface area contributed by atoms with E-state index in [2.05, 4.69) is 25.3 Å². The fraction of sp³-hybridized carbons (Fsp3) is 0.100. The van der Waals surface area contributed by atoms with Gasteiger partial charge in [0.25, 0.3) is 0 Å². The summed E-state index contributed by atoms with van der Waals surface area (Å²) in [6.45, 7) is 1.81. The van der Waals surface area contributed by atoms with Gasteiger partial charge in [-0.15, -0.1) is 0 Å². The molecule has 1 N–H and O–H groups in total. The SMILES string of the molecule is Cc1nsc(Sc2ccc(Br)cc2C(=O)O)n1. The highest BCUT2D eigenvalue weighted by molar-refractivity contribution is 9.10. The van der Waals surface area contributed by atoms with E-state index in [1.165, 1.54) is 23.3 Å². The highest BCUT2D eigenvalue weighted by Crippen LogP contribution is 2.32. The van der Waals surface area contributed by atoms with Gasteiger partial charge in [-0.3, -0.25) is 0 Å². The maximum absolute atomic E-state index is 11.1. The Kier molecular flexibility index (Phi) is 3.80. The lowest BCUT2D eigenvalue weighted by atomic mass is 10.2. The Morgan fingerprint density at radius 1 is 1.53 bits per heavy atom. The zero-order chi connectivity index (χ0) is 12.4. The second-order valence-corrected chi connectivity index (χ2v) is 6.11. The summed E-state index contributed by atoms with van der Waals surface area (Å²) in [5.74, 6) is -0.249. The molecule has 7 heteroatoms.